The van der Waals surface area contributed by atoms with E-state index in [-0.39, 0.29) is 29.3 Å². The molecular formula is C19H16Cl2N2O3. The summed E-state index contributed by atoms with van der Waals surface area (Å²) >= 11 is 12.6. The van der Waals surface area contributed by atoms with Crippen LogP contribution in [0.4, 0.5) is 11.4 Å². The number of anilines is 1. The zero-order chi connectivity index (χ0) is 18.4. The van der Waals surface area contributed by atoms with Gasteiger partial charge < -0.3 is 10.1 Å². The van der Waals surface area contributed by atoms with Crippen LogP contribution in [-0.2, 0) is 0 Å². The second-order valence-electron chi connectivity index (χ2n) is 6.52. The van der Waals surface area contributed by atoms with E-state index in [1.807, 2.05) is 12.1 Å². The Morgan fingerprint density at radius 3 is 2.81 bits per heavy atom. The molecule has 4 rings (SSSR count). The van der Waals surface area contributed by atoms with Crippen LogP contribution >= 0.6 is 23.2 Å². The van der Waals surface area contributed by atoms with E-state index in [4.69, 9.17) is 27.9 Å². The Balaban J connectivity index is 1.81. The summed E-state index contributed by atoms with van der Waals surface area (Å²) in [6, 6.07) is 8.66. The molecule has 5 nitrogen and oxygen atoms in total. The number of nitro benzene ring substituents is 1. The van der Waals surface area contributed by atoms with E-state index in [1.165, 1.54) is 7.11 Å². The fraction of sp³-hybridized carbons (Fsp3) is 0.263. The molecule has 0 bridgehead atoms. The Hall–Kier alpha value is -2.24. The molecule has 0 saturated heterocycles. The number of allylic oxidation sites excluding steroid dienone is 2. The van der Waals surface area contributed by atoms with Crippen molar-refractivity contribution in [1.82, 2.24) is 0 Å². The van der Waals surface area contributed by atoms with Crippen LogP contribution in [0.3, 0.4) is 0 Å². The van der Waals surface area contributed by atoms with Gasteiger partial charge in [-0.05, 0) is 41.7 Å². The Morgan fingerprint density at radius 2 is 2.08 bits per heavy atom. The van der Waals surface area contributed by atoms with Crippen molar-refractivity contribution in [3.63, 3.8) is 0 Å². The number of rotatable bonds is 3. The van der Waals surface area contributed by atoms with Crippen LogP contribution in [0.1, 0.15) is 29.5 Å². The average molecular weight is 391 g/mol. The van der Waals surface area contributed by atoms with Gasteiger partial charge in [0.05, 0.1) is 28.8 Å². The predicted molar refractivity (Wildman–Crippen MR) is 102 cm³/mol. The van der Waals surface area contributed by atoms with Gasteiger partial charge in [0, 0.05) is 17.0 Å². The van der Waals surface area contributed by atoms with Crippen LogP contribution in [0.15, 0.2) is 42.5 Å². The van der Waals surface area contributed by atoms with E-state index >= 15 is 0 Å². The third kappa shape index (κ3) is 2.72. The minimum atomic E-state index is -0.420. The van der Waals surface area contributed by atoms with E-state index in [9.17, 15) is 10.1 Å². The molecule has 0 aromatic heterocycles. The van der Waals surface area contributed by atoms with E-state index in [1.54, 1.807) is 18.2 Å². The van der Waals surface area contributed by atoms with Gasteiger partial charge in [-0.3, -0.25) is 10.1 Å². The molecule has 134 valence electrons. The Bertz CT molecular complexity index is 929. The molecule has 2 aromatic carbocycles. The molecule has 2 aliphatic rings. The molecule has 1 N–H and O–H groups in total. The first-order chi connectivity index (χ1) is 12.5. The maximum atomic E-state index is 11.4. The highest BCUT2D eigenvalue weighted by atomic mass is 35.5. The molecule has 0 spiro atoms. The maximum absolute atomic E-state index is 11.4. The molecule has 26 heavy (non-hydrogen) atoms. The summed E-state index contributed by atoms with van der Waals surface area (Å²) in [4.78, 5) is 11.0. The number of fused-ring (bicyclic) bond motifs is 3. The largest absolute Gasteiger partial charge is 0.490 e. The van der Waals surface area contributed by atoms with Crippen molar-refractivity contribution in [1.29, 1.82) is 0 Å². The normalized spacial score (nSPS) is 23.1. The molecule has 1 aliphatic carbocycles. The van der Waals surface area contributed by atoms with Crippen molar-refractivity contribution in [3.8, 4) is 5.75 Å². The first-order valence-corrected chi connectivity index (χ1v) is 8.99. The lowest BCUT2D eigenvalue weighted by Gasteiger charge is -2.38. The lowest BCUT2D eigenvalue weighted by Crippen LogP contribution is -2.29. The molecule has 0 fully saturated rings. The minimum Gasteiger partial charge on any atom is -0.490 e. The second-order valence-corrected chi connectivity index (χ2v) is 7.36. The minimum absolute atomic E-state index is 0.0395. The Morgan fingerprint density at radius 1 is 1.27 bits per heavy atom. The number of hydrogen-bond acceptors (Lipinski definition) is 4. The molecule has 0 unspecified atom stereocenters. The number of benzene rings is 2. The van der Waals surface area contributed by atoms with E-state index in [0.717, 1.165) is 23.2 Å². The van der Waals surface area contributed by atoms with Crippen LogP contribution in [0, 0.1) is 16.0 Å². The number of hydrogen-bond donors (Lipinski definition) is 1. The quantitative estimate of drug-likeness (QED) is 0.412. The standard InChI is InChI=1S/C19H16Cl2N2O3/c1-26-17-6-5-10(7-16(17)23(24)25)18-13-4-2-3-12(13)14-8-11(20)9-15(21)19(14)22-18/h2-3,5-9,12-13,18,22H,4H2,1H3/t12-,13-,18+/m1/s1. The molecule has 3 atom stereocenters. The van der Waals surface area contributed by atoms with Gasteiger partial charge in [-0.15, -0.1) is 0 Å². The van der Waals surface area contributed by atoms with Crippen molar-refractivity contribution in [2.45, 2.75) is 18.4 Å². The molecule has 1 aliphatic heterocycles. The first-order valence-electron chi connectivity index (χ1n) is 8.24. The Labute approximate surface area is 160 Å². The molecule has 0 amide bonds. The van der Waals surface area contributed by atoms with Crippen LogP contribution in [0.5, 0.6) is 5.75 Å². The number of nitrogens with zero attached hydrogens (tertiary/aromatic N) is 1. The highest BCUT2D eigenvalue weighted by Gasteiger charge is 2.39. The van der Waals surface area contributed by atoms with Crippen LogP contribution in [-0.4, -0.2) is 12.0 Å². The zero-order valence-corrected chi connectivity index (χ0v) is 15.4. The van der Waals surface area contributed by atoms with Gasteiger partial charge in [0.2, 0.25) is 0 Å². The van der Waals surface area contributed by atoms with Crippen molar-refractivity contribution in [2.75, 3.05) is 12.4 Å². The van der Waals surface area contributed by atoms with E-state index in [0.29, 0.717) is 10.0 Å². The van der Waals surface area contributed by atoms with Crippen molar-refractivity contribution >= 4 is 34.6 Å². The summed E-state index contributed by atoms with van der Waals surface area (Å²) in [7, 11) is 1.43. The molecular weight excluding hydrogens is 375 g/mol. The smallest absolute Gasteiger partial charge is 0.311 e. The number of nitro groups is 1. The van der Waals surface area contributed by atoms with Gasteiger partial charge in [0.1, 0.15) is 0 Å². The molecule has 2 aromatic rings. The van der Waals surface area contributed by atoms with Crippen molar-refractivity contribution < 1.29 is 9.66 Å². The lowest BCUT2D eigenvalue weighted by molar-refractivity contribution is -0.385. The van der Waals surface area contributed by atoms with Gasteiger partial charge in [-0.2, -0.15) is 0 Å². The van der Waals surface area contributed by atoms with Crippen LogP contribution < -0.4 is 10.1 Å². The first kappa shape index (κ1) is 17.2. The zero-order valence-electron chi connectivity index (χ0n) is 13.9. The highest BCUT2D eigenvalue weighted by Crippen LogP contribution is 2.52. The molecule has 0 saturated carbocycles. The SMILES string of the molecule is COc1ccc([C@@H]2Nc3c(Cl)cc(Cl)cc3[C@@H]3C=CC[C@H]32)cc1[N+](=O)[O-]. The van der Waals surface area contributed by atoms with E-state index in [2.05, 4.69) is 17.5 Å². The fourth-order valence-corrected chi connectivity index (χ4v) is 4.56. The number of methoxy groups -OCH3 is 1. The maximum Gasteiger partial charge on any atom is 0.311 e. The monoisotopic (exact) mass is 390 g/mol. The second kappa shape index (κ2) is 6.49. The Kier molecular flexibility index (Phi) is 4.29. The third-order valence-corrected chi connectivity index (χ3v) is 5.66. The fourth-order valence-electron chi connectivity index (χ4n) is 3.99. The van der Waals surface area contributed by atoms with Gasteiger partial charge >= 0.3 is 5.69 Å². The van der Waals surface area contributed by atoms with E-state index < -0.39 is 4.92 Å². The summed E-state index contributed by atoms with van der Waals surface area (Å²) < 4.78 is 5.11. The number of halogens is 2. The van der Waals surface area contributed by atoms with Gasteiger partial charge in [0.15, 0.2) is 5.75 Å². The molecule has 7 heteroatoms. The van der Waals surface area contributed by atoms with Gasteiger partial charge in [0.25, 0.3) is 0 Å². The third-order valence-electron chi connectivity index (χ3n) is 5.14. The summed E-state index contributed by atoms with van der Waals surface area (Å²) in [5.74, 6) is 0.666. The topological polar surface area (TPSA) is 64.4 Å². The molecule has 0 radical (unpaired) electrons. The summed E-state index contributed by atoms with van der Waals surface area (Å²) in [5, 5.41) is 16.0. The van der Waals surface area contributed by atoms with Gasteiger partial charge in [-0.25, -0.2) is 0 Å². The molecule has 1 heterocycles. The van der Waals surface area contributed by atoms with Crippen molar-refractivity contribution in [3.05, 3.63) is 73.8 Å². The summed E-state index contributed by atoms with van der Waals surface area (Å²) in [5.41, 5.74) is 2.71. The highest BCUT2D eigenvalue weighted by molar-refractivity contribution is 6.36. The summed E-state index contributed by atoms with van der Waals surface area (Å²) in [6.45, 7) is 0. The summed E-state index contributed by atoms with van der Waals surface area (Å²) in [6.07, 6.45) is 5.19. The lowest BCUT2D eigenvalue weighted by atomic mass is 9.77. The van der Waals surface area contributed by atoms with Gasteiger partial charge in [-0.1, -0.05) is 41.4 Å². The predicted octanol–water partition coefficient (Wildman–Crippen LogP) is 5.74. The van der Waals surface area contributed by atoms with Crippen molar-refractivity contribution in [2.24, 2.45) is 5.92 Å². The van der Waals surface area contributed by atoms with Crippen LogP contribution in [0.2, 0.25) is 10.0 Å². The number of ether oxygens (including phenoxy) is 1. The number of nitrogens with one attached hydrogen (secondary N) is 1. The van der Waals surface area contributed by atoms with Crippen LogP contribution in [0.25, 0.3) is 0 Å². The average Bonchev–Trinajstić information content (AvgIpc) is 3.10.